The van der Waals surface area contributed by atoms with Crippen LogP contribution in [-0.2, 0) is 0 Å². The first-order valence-corrected chi connectivity index (χ1v) is 6.46. The number of carboxylic acids is 1. The van der Waals surface area contributed by atoms with Crippen LogP contribution in [0.3, 0.4) is 0 Å². The minimum Gasteiger partial charge on any atom is -0.478 e. The third-order valence-electron chi connectivity index (χ3n) is 3.09. The Kier molecular flexibility index (Phi) is 4.42. The van der Waals surface area contributed by atoms with Crippen molar-refractivity contribution in [2.45, 2.75) is 6.42 Å². The smallest absolute Gasteiger partial charge is 0.337 e. The van der Waals surface area contributed by atoms with Crippen molar-refractivity contribution < 1.29 is 9.90 Å². The second-order valence-electron chi connectivity index (χ2n) is 4.47. The number of para-hydroxylation sites is 1. The van der Waals surface area contributed by atoms with Gasteiger partial charge in [0.2, 0.25) is 0 Å². The number of nitrogens with two attached hydrogens (primary N) is 1. The van der Waals surface area contributed by atoms with Crippen LogP contribution in [0.25, 0.3) is 0 Å². The maximum atomic E-state index is 11.2. The first-order chi connectivity index (χ1) is 10.1. The molecule has 0 fully saturated rings. The Morgan fingerprint density at radius 3 is 2.52 bits per heavy atom. The van der Waals surface area contributed by atoms with Crippen molar-refractivity contribution in [3.63, 3.8) is 0 Å². The normalized spacial score (nSPS) is 9.86. The van der Waals surface area contributed by atoms with E-state index in [0.29, 0.717) is 18.7 Å². The van der Waals surface area contributed by atoms with Crippen LogP contribution in [0.1, 0.15) is 16.8 Å². The van der Waals surface area contributed by atoms with Gasteiger partial charge in [0.15, 0.2) is 0 Å². The van der Waals surface area contributed by atoms with Crippen molar-refractivity contribution in [2.24, 2.45) is 0 Å². The lowest BCUT2D eigenvalue weighted by atomic mass is 10.1. The third kappa shape index (κ3) is 3.31. The maximum absolute atomic E-state index is 11.2. The van der Waals surface area contributed by atoms with Crippen LogP contribution in [0.15, 0.2) is 48.5 Å². The zero-order valence-corrected chi connectivity index (χ0v) is 11.4. The van der Waals surface area contributed by atoms with Gasteiger partial charge in [0.25, 0.3) is 0 Å². The fourth-order valence-corrected chi connectivity index (χ4v) is 2.07. The molecule has 106 valence electrons. The number of carboxylic acid groups (broad SMARTS) is 1. The van der Waals surface area contributed by atoms with Crippen LogP contribution in [0, 0.1) is 11.3 Å². The summed E-state index contributed by atoms with van der Waals surface area (Å²) in [6.45, 7) is 0.476. The van der Waals surface area contributed by atoms with Crippen molar-refractivity contribution in [1.82, 2.24) is 0 Å². The first-order valence-electron chi connectivity index (χ1n) is 6.46. The molecule has 5 nitrogen and oxygen atoms in total. The number of rotatable bonds is 5. The van der Waals surface area contributed by atoms with E-state index in [-0.39, 0.29) is 11.3 Å². The number of benzene rings is 2. The van der Waals surface area contributed by atoms with Gasteiger partial charge in [-0.25, -0.2) is 4.79 Å². The third-order valence-corrected chi connectivity index (χ3v) is 3.09. The van der Waals surface area contributed by atoms with Gasteiger partial charge in [0, 0.05) is 23.6 Å². The van der Waals surface area contributed by atoms with E-state index in [9.17, 15) is 4.79 Å². The van der Waals surface area contributed by atoms with Crippen molar-refractivity contribution in [3.8, 4) is 6.07 Å². The molecule has 0 saturated heterocycles. The molecule has 0 aliphatic rings. The van der Waals surface area contributed by atoms with Crippen molar-refractivity contribution in [1.29, 1.82) is 5.26 Å². The molecule has 0 bridgehead atoms. The van der Waals surface area contributed by atoms with E-state index >= 15 is 0 Å². The summed E-state index contributed by atoms with van der Waals surface area (Å²) in [5.41, 5.74) is 7.55. The molecule has 0 radical (unpaired) electrons. The number of nitriles is 1. The van der Waals surface area contributed by atoms with Gasteiger partial charge in [-0.2, -0.15) is 5.26 Å². The average Bonchev–Trinajstić information content (AvgIpc) is 2.50. The van der Waals surface area contributed by atoms with E-state index in [2.05, 4.69) is 6.07 Å². The highest BCUT2D eigenvalue weighted by atomic mass is 16.4. The molecule has 0 amide bonds. The molecule has 0 spiro atoms. The van der Waals surface area contributed by atoms with Crippen LogP contribution in [0.4, 0.5) is 17.1 Å². The molecule has 0 saturated carbocycles. The van der Waals surface area contributed by atoms with Crippen LogP contribution in [-0.4, -0.2) is 17.6 Å². The summed E-state index contributed by atoms with van der Waals surface area (Å²) in [6.07, 6.45) is 0.335. The minimum absolute atomic E-state index is 0.0605. The predicted molar refractivity (Wildman–Crippen MR) is 81.5 cm³/mol. The lowest BCUT2D eigenvalue weighted by Crippen LogP contribution is -2.18. The second-order valence-corrected chi connectivity index (χ2v) is 4.47. The number of hydrogen-bond acceptors (Lipinski definition) is 4. The van der Waals surface area contributed by atoms with Gasteiger partial charge < -0.3 is 15.7 Å². The summed E-state index contributed by atoms with van der Waals surface area (Å²) in [5, 5.41) is 18.0. The largest absolute Gasteiger partial charge is 0.478 e. The molecule has 0 atom stereocenters. The summed E-state index contributed by atoms with van der Waals surface area (Å²) in [7, 11) is 0. The molecule has 0 aliphatic carbocycles. The quantitative estimate of drug-likeness (QED) is 0.822. The zero-order valence-electron chi connectivity index (χ0n) is 11.4. The Labute approximate surface area is 122 Å². The number of hydrogen-bond donors (Lipinski definition) is 2. The van der Waals surface area contributed by atoms with E-state index in [1.54, 1.807) is 12.1 Å². The zero-order chi connectivity index (χ0) is 15.2. The van der Waals surface area contributed by atoms with E-state index in [1.807, 2.05) is 35.2 Å². The average molecular weight is 281 g/mol. The molecule has 3 N–H and O–H groups in total. The topological polar surface area (TPSA) is 90.4 Å². The summed E-state index contributed by atoms with van der Waals surface area (Å²) < 4.78 is 0. The molecular weight excluding hydrogens is 266 g/mol. The van der Waals surface area contributed by atoms with Gasteiger partial charge in [0.05, 0.1) is 18.1 Å². The standard InChI is InChI=1S/C16H15N3O2/c17-9-4-10-19(12-5-2-1-3-6-12)13-7-8-15(18)14(11-13)16(20)21/h1-3,5-8,11H,4,10,18H2,(H,20,21). The van der Waals surface area contributed by atoms with Gasteiger partial charge in [-0.15, -0.1) is 0 Å². The van der Waals surface area contributed by atoms with Crippen molar-refractivity contribution in [2.75, 3.05) is 17.2 Å². The van der Waals surface area contributed by atoms with Crippen molar-refractivity contribution >= 4 is 23.0 Å². The highest BCUT2D eigenvalue weighted by Crippen LogP contribution is 2.28. The van der Waals surface area contributed by atoms with Gasteiger partial charge in [-0.05, 0) is 30.3 Å². The van der Waals surface area contributed by atoms with Crippen LogP contribution in [0.2, 0.25) is 0 Å². The Hall–Kier alpha value is -3.00. The summed E-state index contributed by atoms with van der Waals surface area (Å²) in [5.74, 6) is -1.07. The Morgan fingerprint density at radius 2 is 1.90 bits per heavy atom. The van der Waals surface area contributed by atoms with Gasteiger partial charge in [-0.3, -0.25) is 0 Å². The molecule has 2 rings (SSSR count). The number of nitrogens with zero attached hydrogens (tertiary/aromatic N) is 2. The summed E-state index contributed by atoms with van der Waals surface area (Å²) >= 11 is 0. The molecule has 5 heteroatoms. The van der Waals surface area contributed by atoms with E-state index in [0.717, 1.165) is 5.69 Å². The fourth-order valence-electron chi connectivity index (χ4n) is 2.07. The number of aromatic carboxylic acids is 1. The highest BCUT2D eigenvalue weighted by molar-refractivity contribution is 5.95. The SMILES string of the molecule is N#CCCN(c1ccccc1)c1ccc(N)c(C(=O)O)c1. The first kappa shape index (κ1) is 14.4. The maximum Gasteiger partial charge on any atom is 0.337 e. The lowest BCUT2D eigenvalue weighted by Gasteiger charge is -2.24. The summed E-state index contributed by atoms with van der Waals surface area (Å²) in [4.78, 5) is 13.1. The van der Waals surface area contributed by atoms with Crippen LogP contribution >= 0.6 is 0 Å². The molecule has 0 heterocycles. The molecule has 0 unspecified atom stereocenters. The van der Waals surface area contributed by atoms with Crippen LogP contribution in [0.5, 0.6) is 0 Å². The molecule has 0 aromatic heterocycles. The molecule has 2 aromatic carbocycles. The molecule has 21 heavy (non-hydrogen) atoms. The summed E-state index contributed by atoms with van der Waals surface area (Å²) in [6, 6.07) is 16.5. The number of carbonyl (C=O) groups is 1. The Bertz CT molecular complexity index is 678. The minimum atomic E-state index is -1.07. The molecular formula is C16H15N3O2. The van der Waals surface area contributed by atoms with E-state index in [4.69, 9.17) is 16.1 Å². The highest BCUT2D eigenvalue weighted by Gasteiger charge is 2.14. The molecule has 2 aromatic rings. The lowest BCUT2D eigenvalue weighted by molar-refractivity contribution is 0.0698. The Morgan fingerprint density at radius 1 is 1.19 bits per heavy atom. The van der Waals surface area contributed by atoms with Gasteiger partial charge >= 0.3 is 5.97 Å². The van der Waals surface area contributed by atoms with E-state index < -0.39 is 5.97 Å². The van der Waals surface area contributed by atoms with Crippen LogP contribution < -0.4 is 10.6 Å². The molecule has 0 aliphatic heterocycles. The second kappa shape index (κ2) is 6.44. The van der Waals surface area contributed by atoms with Gasteiger partial charge in [-0.1, -0.05) is 18.2 Å². The fraction of sp³-hybridized carbons (Fsp3) is 0.125. The van der Waals surface area contributed by atoms with E-state index in [1.165, 1.54) is 6.07 Å². The number of anilines is 3. The Balaban J connectivity index is 2.44. The van der Waals surface area contributed by atoms with Gasteiger partial charge in [0.1, 0.15) is 0 Å². The predicted octanol–water partition coefficient (Wildman–Crippen LogP) is 3.02. The number of nitrogen functional groups attached to an aromatic ring is 1. The van der Waals surface area contributed by atoms with Crippen molar-refractivity contribution in [3.05, 3.63) is 54.1 Å². The monoisotopic (exact) mass is 281 g/mol.